The van der Waals surface area contributed by atoms with E-state index in [2.05, 4.69) is 30.3 Å². The second-order valence-corrected chi connectivity index (χ2v) is 6.82. The molecule has 1 unspecified atom stereocenters. The molecule has 2 aliphatic heterocycles. The lowest BCUT2D eigenvalue weighted by Crippen LogP contribution is -2.62. The number of carbonyl (C=O) groups excluding carboxylic acids is 1. The zero-order chi connectivity index (χ0) is 15.2. The largest absolute Gasteiger partial charge is 0.426 e. The first-order chi connectivity index (χ1) is 9.89. The van der Waals surface area contributed by atoms with Gasteiger partial charge in [0.25, 0.3) is 0 Å². The summed E-state index contributed by atoms with van der Waals surface area (Å²) in [4.78, 5) is 14.1. The number of carbonyl (C=O) groups is 1. The average Bonchev–Trinajstić information content (AvgIpc) is 2.44. The molecule has 3 rings (SSSR count). The van der Waals surface area contributed by atoms with E-state index in [-0.39, 0.29) is 17.4 Å². The van der Waals surface area contributed by atoms with Crippen LogP contribution in [0.15, 0.2) is 18.2 Å². The van der Waals surface area contributed by atoms with E-state index in [0.717, 1.165) is 19.4 Å². The second kappa shape index (κ2) is 5.11. The van der Waals surface area contributed by atoms with Crippen LogP contribution in [-0.2, 0) is 16.8 Å². The normalized spacial score (nSPS) is 28.3. The number of hydrogen-bond donors (Lipinski definition) is 1. The van der Waals surface area contributed by atoms with Crippen LogP contribution in [-0.4, -0.2) is 30.6 Å². The molecule has 21 heavy (non-hydrogen) atoms. The molecule has 0 aliphatic carbocycles. The molecular formula is C17H24N2O2. The van der Waals surface area contributed by atoms with Crippen molar-refractivity contribution >= 4 is 5.97 Å². The molecule has 1 N–H and O–H groups in total. The number of nitrogens with zero attached hydrogens (tertiary/aromatic N) is 1. The molecule has 2 aliphatic rings. The third-order valence-corrected chi connectivity index (χ3v) is 4.76. The molecule has 114 valence electrons. The maximum absolute atomic E-state index is 11.8. The summed E-state index contributed by atoms with van der Waals surface area (Å²) >= 11 is 0. The molecule has 0 amide bonds. The summed E-state index contributed by atoms with van der Waals surface area (Å²) in [6.07, 6.45) is 2.47. The van der Waals surface area contributed by atoms with E-state index in [0.29, 0.717) is 11.9 Å². The maximum atomic E-state index is 11.8. The van der Waals surface area contributed by atoms with Gasteiger partial charge in [-0.25, -0.2) is 0 Å². The maximum Gasteiger partial charge on any atom is 0.313 e. The number of rotatable bonds is 2. The standard InChI is InChI=1S/C17H24N2O2/c1-11(2)16(20)21-13-6-5-12-9-15-18-17(3,14(12)10-13)7-8-19(15)4/h5-6,10-11,15,18H,7-9H2,1-4H3/t15?,17-/m1/s1. The fourth-order valence-electron chi connectivity index (χ4n) is 3.28. The minimum Gasteiger partial charge on any atom is -0.426 e. The summed E-state index contributed by atoms with van der Waals surface area (Å²) in [5.41, 5.74) is 2.61. The number of nitrogens with one attached hydrogen (secondary N) is 1. The highest BCUT2D eigenvalue weighted by atomic mass is 16.5. The molecule has 4 nitrogen and oxygen atoms in total. The van der Waals surface area contributed by atoms with Crippen molar-refractivity contribution in [1.82, 2.24) is 10.2 Å². The van der Waals surface area contributed by atoms with E-state index in [4.69, 9.17) is 4.74 Å². The van der Waals surface area contributed by atoms with Gasteiger partial charge in [0.15, 0.2) is 0 Å². The van der Waals surface area contributed by atoms with Gasteiger partial charge in [-0.15, -0.1) is 0 Å². The summed E-state index contributed by atoms with van der Waals surface area (Å²) in [5.74, 6) is 0.375. The van der Waals surface area contributed by atoms with Crippen molar-refractivity contribution in [3.8, 4) is 5.75 Å². The molecule has 2 atom stereocenters. The van der Waals surface area contributed by atoms with Crippen molar-refractivity contribution in [3.63, 3.8) is 0 Å². The quantitative estimate of drug-likeness (QED) is 0.669. The summed E-state index contributed by atoms with van der Waals surface area (Å²) in [6, 6.07) is 6.08. The van der Waals surface area contributed by atoms with Crippen LogP contribution in [0.3, 0.4) is 0 Å². The Morgan fingerprint density at radius 1 is 1.48 bits per heavy atom. The van der Waals surface area contributed by atoms with Gasteiger partial charge < -0.3 is 4.74 Å². The Balaban J connectivity index is 1.92. The van der Waals surface area contributed by atoms with Gasteiger partial charge in [0.05, 0.1) is 12.1 Å². The Morgan fingerprint density at radius 2 is 2.24 bits per heavy atom. The Bertz CT molecular complexity index is 570. The van der Waals surface area contributed by atoms with Crippen LogP contribution in [0.1, 0.15) is 38.3 Å². The Morgan fingerprint density at radius 3 is 2.95 bits per heavy atom. The van der Waals surface area contributed by atoms with Crippen LogP contribution in [0.25, 0.3) is 0 Å². The van der Waals surface area contributed by atoms with Gasteiger partial charge in [-0.1, -0.05) is 19.9 Å². The van der Waals surface area contributed by atoms with E-state index in [9.17, 15) is 4.79 Å². The zero-order valence-corrected chi connectivity index (χ0v) is 13.3. The summed E-state index contributed by atoms with van der Waals surface area (Å²) in [6.45, 7) is 7.04. The number of esters is 1. The van der Waals surface area contributed by atoms with Crippen LogP contribution in [0.5, 0.6) is 5.75 Å². The summed E-state index contributed by atoms with van der Waals surface area (Å²) in [7, 11) is 2.17. The monoisotopic (exact) mass is 288 g/mol. The van der Waals surface area contributed by atoms with E-state index in [1.54, 1.807) is 0 Å². The summed E-state index contributed by atoms with van der Waals surface area (Å²) in [5, 5.41) is 3.72. The Hall–Kier alpha value is -1.39. The lowest BCUT2D eigenvalue weighted by atomic mass is 9.78. The molecule has 0 saturated carbocycles. The van der Waals surface area contributed by atoms with Crippen LogP contribution in [0.4, 0.5) is 0 Å². The van der Waals surface area contributed by atoms with E-state index >= 15 is 0 Å². The van der Waals surface area contributed by atoms with Gasteiger partial charge in [-0.2, -0.15) is 0 Å². The SMILES string of the molecule is CC(C)C(=O)Oc1ccc2c(c1)[C@@]1(C)CCN(C)C(C2)N1. The first-order valence-corrected chi connectivity index (χ1v) is 7.72. The van der Waals surface area contributed by atoms with Crippen LogP contribution in [0.2, 0.25) is 0 Å². The molecule has 1 fully saturated rings. The van der Waals surface area contributed by atoms with Gasteiger partial charge in [0.2, 0.25) is 0 Å². The third-order valence-electron chi connectivity index (χ3n) is 4.76. The van der Waals surface area contributed by atoms with Gasteiger partial charge in [0, 0.05) is 18.5 Å². The molecule has 4 heteroatoms. The molecule has 0 spiro atoms. The molecule has 1 saturated heterocycles. The molecule has 2 heterocycles. The lowest BCUT2D eigenvalue weighted by molar-refractivity contribution is -0.137. The smallest absolute Gasteiger partial charge is 0.313 e. The van der Waals surface area contributed by atoms with Crippen molar-refractivity contribution in [2.45, 2.75) is 45.3 Å². The molecule has 1 aromatic rings. The van der Waals surface area contributed by atoms with Crippen LogP contribution in [0, 0.1) is 5.92 Å². The molecule has 0 aromatic heterocycles. The lowest BCUT2D eigenvalue weighted by Gasteiger charge is -2.49. The van der Waals surface area contributed by atoms with Crippen molar-refractivity contribution in [2.75, 3.05) is 13.6 Å². The van der Waals surface area contributed by atoms with E-state index < -0.39 is 0 Å². The average molecular weight is 288 g/mol. The van der Waals surface area contributed by atoms with Gasteiger partial charge in [0.1, 0.15) is 5.75 Å². The molecular weight excluding hydrogens is 264 g/mol. The first-order valence-electron chi connectivity index (χ1n) is 7.72. The predicted octanol–water partition coefficient (Wildman–Crippen LogP) is 2.27. The fourth-order valence-corrected chi connectivity index (χ4v) is 3.28. The van der Waals surface area contributed by atoms with Gasteiger partial charge in [-0.05, 0) is 43.7 Å². The highest BCUT2D eigenvalue weighted by Gasteiger charge is 2.41. The number of fused-ring (bicyclic) bond motifs is 4. The first kappa shape index (κ1) is 14.5. The highest BCUT2D eigenvalue weighted by molar-refractivity contribution is 5.74. The topological polar surface area (TPSA) is 41.6 Å². The minimum atomic E-state index is -0.176. The second-order valence-electron chi connectivity index (χ2n) is 6.82. The molecule has 0 radical (unpaired) electrons. The fraction of sp³-hybridized carbons (Fsp3) is 0.588. The highest BCUT2D eigenvalue weighted by Crippen LogP contribution is 2.38. The van der Waals surface area contributed by atoms with Crippen LogP contribution >= 0.6 is 0 Å². The third kappa shape index (κ3) is 2.58. The number of benzene rings is 1. The van der Waals surface area contributed by atoms with Crippen molar-refractivity contribution in [2.24, 2.45) is 5.92 Å². The van der Waals surface area contributed by atoms with Crippen molar-refractivity contribution in [1.29, 1.82) is 0 Å². The van der Waals surface area contributed by atoms with Crippen molar-refractivity contribution in [3.05, 3.63) is 29.3 Å². The van der Waals surface area contributed by atoms with Crippen LogP contribution < -0.4 is 10.1 Å². The Kier molecular flexibility index (Phi) is 3.54. The van der Waals surface area contributed by atoms with Gasteiger partial charge in [-0.3, -0.25) is 15.0 Å². The Labute approximate surface area is 126 Å². The molecule has 1 aromatic carbocycles. The minimum absolute atomic E-state index is 0.0228. The predicted molar refractivity (Wildman–Crippen MR) is 82.1 cm³/mol. The summed E-state index contributed by atoms with van der Waals surface area (Å²) < 4.78 is 5.47. The molecule has 2 bridgehead atoms. The van der Waals surface area contributed by atoms with Gasteiger partial charge >= 0.3 is 5.97 Å². The van der Waals surface area contributed by atoms with E-state index in [1.165, 1.54) is 11.1 Å². The number of ether oxygens (including phenoxy) is 1. The van der Waals surface area contributed by atoms with Crippen molar-refractivity contribution < 1.29 is 9.53 Å². The zero-order valence-electron chi connectivity index (χ0n) is 13.3. The number of hydrogen-bond acceptors (Lipinski definition) is 4. The number of likely N-dealkylation sites (N-methyl/N-ethyl adjacent to an activating group) is 1. The van der Waals surface area contributed by atoms with E-state index in [1.807, 2.05) is 26.0 Å².